The number of aromatic nitrogens is 5. The Hall–Kier alpha value is -3.30. The summed E-state index contributed by atoms with van der Waals surface area (Å²) in [4.78, 5) is 33.3. The van der Waals surface area contributed by atoms with Crippen molar-refractivity contribution in [1.82, 2.24) is 29.3 Å². The van der Waals surface area contributed by atoms with Gasteiger partial charge in [0.25, 0.3) is 5.91 Å². The largest absolute Gasteiger partial charge is 0.340 e. The van der Waals surface area contributed by atoms with E-state index in [1.54, 1.807) is 46.7 Å². The van der Waals surface area contributed by atoms with E-state index in [2.05, 4.69) is 15.2 Å². The number of likely N-dealkylation sites (tertiary alicyclic amines) is 1. The number of aryl methyl sites for hydroxylation is 1. The van der Waals surface area contributed by atoms with Gasteiger partial charge in [-0.05, 0) is 24.1 Å². The van der Waals surface area contributed by atoms with Crippen LogP contribution in [0.15, 0.2) is 24.5 Å². The second kappa shape index (κ2) is 7.61. The summed E-state index contributed by atoms with van der Waals surface area (Å²) in [6, 6.07) is 3.55. The smallest absolute Gasteiger partial charge is 0.257 e. The van der Waals surface area contributed by atoms with E-state index in [-0.39, 0.29) is 24.7 Å². The van der Waals surface area contributed by atoms with Gasteiger partial charge in [0.1, 0.15) is 12.4 Å². The fourth-order valence-corrected chi connectivity index (χ4v) is 3.29. The lowest BCUT2D eigenvalue weighted by atomic mass is 10.0. The lowest BCUT2D eigenvalue weighted by molar-refractivity contribution is 0.0647. The third-order valence-corrected chi connectivity index (χ3v) is 5.09. The molecule has 0 unspecified atom stereocenters. The molecule has 0 atom stereocenters. The molecule has 0 bridgehead atoms. The zero-order valence-corrected chi connectivity index (χ0v) is 16.4. The van der Waals surface area contributed by atoms with Crippen LogP contribution in [0.5, 0.6) is 0 Å². The summed E-state index contributed by atoms with van der Waals surface area (Å²) in [6.07, 6.45) is 4.27. The maximum atomic E-state index is 13.0. The summed E-state index contributed by atoms with van der Waals surface area (Å²) >= 11 is 0. The molecule has 3 aromatic heterocycles. The molecule has 0 saturated carbocycles. The van der Waals surface area contributed by atoms with Crippen molar-refractivity contribution in [2.45, 2.75) is 12.8 Å². The Kier molecular flexibility index (Phi) is 4.99. The number of pyridine rings is 1. The fraction of sp³-hybridized carbons (Fsp3) is 0.421. The van der Waals surface area contributed by atoms with Crippen molar-refractivity contribution in [3.05, 3.63) is 41.3 Å². The molecule has 152 valence electrons. The molecule has 0 aliphatic carbocycles. The first-order chi connectivity index (χ1) is 14.0. The van der Waals surface area contributed by atoms with Crippen molar-refractivity contribution in [2.75, 3.05) is 38.3 Å². The number of hydrogen-bond acceptors (Lipinski definition) is 6. The highest BCUT2D eigenvalue weighted by Gasteiger charge is 2.28. The molecule has 0 N–H and O–H groups in total. The van der Waals surface area contributed by atoms with E-state index in [4.69, 9.17) is 0 Å². The van der Waals surface area contributed by atoms with Crippen LogP contribution in [0.25, 0.3) is 5.65 Å². The Morgan fingerprint density at radius 3 is 2.79 bits per heavy atom. The van der Waals surface area contributed by atoms with Gasteiger partial charge in [0.05, 0.1) is 11.8 Å². The maximum Gasteiger partial charge on any atom is 0.257 e. The maximum absolute atomic E-state index is 13.0. The average Bonchev–Trinajstić information content (AvgIpc) is 3.23. The Bertz CT molecular complexity index is 1070. The van der Waals surface area contributed by atoms with Gasteiger partial charge in [-0.2, -0.15) is 10.1 Å². The number of carbonyl (C=O) groups is 2. The van der Waals surface area contributed by atoms with Crippen LogP contribution in [0.4, 0.5) is 10.3 Å². The van der Waals surface area contributed by atoms with Crippen LogP contribution >= 0.6 is 0 Å². The number of fused-ring (bicyclic) bond motifs is 1. The van der Waals surface area contributed by atoms with Crippen LogP contribution in [-0.4, -0.2) is 74.3 Å². The molecule has 3 aromatic rings. The molecular weight excluding hydrogens is 377 g/mol. The minimum absolute atomic E-state index is 0.110. The van der Waals surface area contributed by atoms with Crippen molar-refractivity contribution < 1.29 is 14.0 Å². The zero-order valence-electron chi connectivity index (χ0n) is 16.4. The van der Waals surface area contributed by atoms with Crippen molar-refractivity contribution in [3.8, 4) is 0 Å². The van der Waals surface area contributed by atoms with E-state index in [9.17, 15) is 14.0 Å². The number of amides is 1. The van der Waals surface area contributed by atoms with E-state index in [1.165, 1.54) is 10.9 Å². The van der Waals surface area contributed by atoms with Gasteiger partial charge in [0, 0.05) is 46.3 Å². The average molecular weight is 399 g/mol. The highest BCUT2D eigenvalue weighted by Crippen LogP contribution is 2.18. The Morgan fingerprint density at radius 1 is 1.31 bits per heavy atom. The number of hydrogen-bond donors (Lipinski definition) is 0. The molecule has 1 fully saturated rings. The molecule has 1 aliphatic rings. The van der Waals surface area contributed by atoms with Crippen LogP contribution in [-0.2, 0) is 13.5 Å². The predicted molar refractivity (Wildman–Crippen MR) is 104 cm³/mol. The first kappa shape index (κ1) is 19.0. The van der Waals surface area contributed by atoms with Crippen LogP contribution in [0.3, 0.4) is 0 Å². The molecule has 0 radical (unpaired) electrons. The Balaban J connectivity index is 1.56. The van der Waals surface area contributed by atoms with Gasteiger partial charge in [-0.25, -0.2) is 8.91 Å². The summed E-state index contributed by atoms with van der Waals surface area (Å²) in [5.41, 5.74) is 1.97. The number of alkyl halides is 1. The Morgan fingerprint density at radius 2 is 2.10 bits per heavy atom. The topological polar surface area (TPSA) is 88.6 Å². The number of Topliss-reactive ketones (excluding diaryl/α,β-unsaturated/α-hetero) is 1. The SMILES string of the molecule is CN(CCF)c1nc2cc(CC(=O)c3c(C(=O)N4CCC4)cnn3C)ccn2n1. The molecule has 1 amide bonds. The van der Waals surface area contributed by atoms with E-state index in [0.29, 0.717) is 35.9 Å². The lowest BCUT2D eigenvalue weighted by Gasteiger charge is -2.30. The molecule has 1 aliphatic heterocycles. The van der Waals surface area contributed by atoms with Gasteiger partial charge in [-0.3, -0.25) is 14.3 Å². The van der Waals surface area contributed by atoms with Gasteiger partial charge in [0.15, 0.2) is 11.4 Å². The molecule has 0 spiro atoms. The minimum Gasteiger partial charge on any atom is -0.340 e. The summed E-state index contributed by atoms with van der Waals surface area (Å²) in [7, 11) is 3.38. The van der Waals surface area contributed by atoms with Gasteiger partial charge >= 0.3 is 0 Å². The number of nitrogens with zero attached hydrogens (tertiary/aromatic N) is 7. The second-order valence-corrected chi connectivity index (χ2v) is 7.14. The molecule has 29 heavy (non-hydrogen) atoms. The standard InChI is InChI=1S/C19H22FN7O2/c1-24(9-5-20)19-22-16-11-13(4-8-27(16)23-19)10-15(28)17-14(12-21-25(17)2)18(29)26-6-3-7-26/h4,8,11-12H,3,5-7,9-10H2,1-2H3. The molecule has 4 rings (SSSR count). The number of ketones is 1. The monoisotopic (exact) mass is 399 g/mol. The third-order valence-electron chi connectivity index (χ3n) is 5.09. The van der Waals surface area contributed by atoms with Crippen molar-refractivity contribution in [3.63, 3.8) is 0 Å². The predicted octanol–water partition coefficient (Wildman–Crippen LogP) is 1.14. The quantitative estimate of drug-likeness (QED) is 0.554. The van der Waals surface area contributed by atoms with Crippen LogP contribution in [0.2, 0.25) is 0 Å². The number of carbonyl (C=O) groups excluding carboxylic acids is 2. The van der Waals surface area contributed by atoms with Gasteiger partial charge in [0.2, 0.25) is 5.95 Å². The number of rotatable bonds is 7. The van der Waals surface area contributed by atoms with Crippen LogP contribution in [0, 0.1) is 0 Å². The van der Waals surface area contributed by atoms with E-state index in [0.717, 1.165) is 12.0 Å². The second-order valence-electron chi connectivity index (χ2n) is 7.14. The normalized spacial score (nSPS) is 13.6. The van der Waals surface area contributed by atoms with Crippen molar-refractivity contribution in [1.29, 1.82) is 0 Å². The van der Waals surface area contributed by atoms with Crippen molar-refractivity contribution in [2.24, 2.45) is 7.05 Å². The highest BCUT2D eigenvalue weighted by atomic mass is 19.1. The number of anilines is 1. The summed E-state index contributed by atoms with van der Waals surface area (Å²) in [5.74, 6) is 0.0776. The first-order valence-corrected chi connectivity index (χ1v) is 9.45. The lowest BCUT2D eigenvalue weighted by Crippen LogP contribution is -2.42. The van der Waals surface area contributed by atoms with Gasteiger partial charge in [-0.1, -0.05) is 0 Å². The summed E-state index contributed by atoms with van der Waals surface area (Å²) < 4.78 is 15.6. The molecular formula is C19H22FN7O2. The van der Waals surface area contributed by atoms with Gasteiger partial charge < -0.3 is 9.80 Å². The fourth-order valence-electron chi connectivity index (χ4n) is 3.29. The van der Waals surface area contributed by atoms with E-state index < -0.39 is 6.67 Å². The van der Waals surface area contributed by atoms with E-state index >= 15 is 0 Å². The first-order valence-electron chi connectivity index (χ1n) is 9.45. The summed E-state index contributed by atoms with van der Waals surface area (Å²) in [5, 5.41) is 8.42. The van der Waals surface area contributed by atoms with Gasteiger partial charge in [-0.15, -0.1) is 5.10 Å². The molecule has 4 heterocycles. The minimum atomic E-state index is -0.491. The highest BCUT2D eigenvalue weighted by molar-refractivity contribution is 6.07. The Labute approximate surface area is 166 Å². The van der Waals surface area contributed by atoms with Crippen LogP contribution < -0.4 is 4.90 Å². The van der Waals surface area contributed by atoms with Crippen molar-refractivity contribution >= 4 is 23.3 Å². The molecule has 1 saturated heterocycles. The summed E-state index contributed by atoms with van der Waals surface area (Å²) in [6.45, 7) is 1.14. The number of halogens is 1. The van der Waals surface area contributed by atoms with E-state index in [1.807, 2.05) is 0 Å². The molecule has 9 nitrogen and oxygen atoms in total. The molecule has 10 heteroatoms. The zero-order chi connectivity index (χ0) is 20.5. The third kappa shape index (κ3) is 3.57. The molecule has 0 aromatic carbocycles. The van der Waals surface area contributed by atoms with Crippen LogP contribution in [0.1, 0.15) is 32.8 Å².